The van der Waals surface area contributed by atoms with Gasteiger partial charge < -0.3 is 19.3 Å². The number of carbonyl (C=O) groups excluding carboxylic acids is 1. The summed E-state index contributed by atoms with van der Waals surface area (Å²) in [5.74, 6) is 0.839. The van der Waals surface area contributed by atoms with Crippen LogP contribution < -0.4 is 4.74 Å². The molecule has 7 nitrogen and oxygen atoms in total. The number of amides is 1. The molecule has 1 amide bonds. The average molecular weight is 370 g/mol. The maximum Gasteiger partial charge on any atom is 0.275 e. The molecule has 5 heterocycles. The summed E-state index contributed by atoms with van der Waals surface area (Å²) in [6, 6.07) is 6.16. The monoisotopic (exact) mass is 370 g/mol. The van der Waals surface area contributed by atoms with E-state index in [2.05, 4.69) is 15.1 Å². The smallest absolute Gasteiger partial charge is 0.275 e. The summed E-state index contributed by atoms with van der Waals surface area (Å²) < 4.78 is 11.5. The number of nitrogens with one attached hydrogen (secondary N) is 1. The van der Waals surface area contributed by atoms with Crippen molar-refractivity contribution < 1.29 is 14.3 Å². The van der Waals surface area contributed by atoms with Gasteiger partial charge in [0.05, 0.1) is 12.1 Å². The summed E-state index contributed by atoms with van der Waals surface area (Å²) >= 11 is 0. The van der Waals surface area contributed by atoms with E-state index in [-0.39, 0.29) is 12.0 Å². The maximum absolute atomic E-state index is 13.2. The molecule has 0 spiro atoms. The fourth-order valence-corrected chi connectivity index (χ4v) is 4.52. The van der Waals surface area contributed by atoms with E-state index in [1.165, 1.54) is 0 Å². The Morgan fingerprint density at radius 2 is 2.07 bits per heavy atom. The number of aromatic amines is 1. The highest BCUT2D eigenvalue weighted by molar-refractivity contribution is 6.05. The van der Waals surface area contributed by atoms with Gasteiger partial charge in [-0.1, -0.05) is 0 Å². The van der Waals surface area contributed by atoms with E-state index in [0.717, 1.165) is 75.1 Å². The van der Waals surface area contributed by atoms with E-state index in [9.17, 15) is 4.79 Å². The van der Waals surface area contributed by atoms with E-state index >= 15 is 0 Å². The van der Waals surface area contributed by atoms with Crippen LogP contribution in [-0.2, 0) is 4.74 Å². The SMILES string of the molecule is O=C(c1n[nH]c2cc(OC3CCCOC3)ccc12)N1CCN2CCC1CC2. The van der Waals surface area contributed by atoms with Crippen molar-refractivity contribution in [2.75, 3.05) is 39.4 Å². The fraction of sp³-hybridized carbons (Fsp3) is 0.600. The number of rotatable bonds is 3. The van der Waals surface area contributed by atoms with Crippen LogP contribution in [0.4, 0.5) is 0 Å². The number of benzene rings is 1. The van der Waals surface area contributed by atoms with Gasteiger partial charge >= 0.3 is 0 Å². The van der Waals surface area contributed by atoms with Gasteiger partial charge in [0.25, 0.3) is 5.91 Å². The minimum atomic E-state index is 0.0457. The van der Waals surface area contributed by atoms with E-state index in [1.807, 2.05) is 23.1 Å². The van der Waals surface area contributed by atoms with Crippen LogP contribution in [0.3, 0.4) is 0 Å². The van der Waals surface area contributed by atoms with Crippen LogP contribution in [0.2, 0.25) is 0 Å². The van der Waals surface area contributed by atoms with Crippen molar-refractivity contribution in [2.45, 2.75) is 37.8 Å². The highest BCUT2D eigenvalue weighted by atomic mass is 16.5. The molecular weight excluding hydrogens is 344 g/mol. The highest BCUT2D eigenvalue weighted by Gasteiger charge is 2.33. The lowest BCUT2D eigenvalue weighted by Gasteiger charge is -2.31. The van der Waals surface area contributed by atoms with Gasteiger partial charge in [0.15, 0.2) is 5.69 Å². The lowest BCUT2D eigenvalue weighted by Crippen LogP contribution is -2.41. The van der Waals surface area contributed by atoms with Crippen molar-refractivity contribution in [2.24, 2.45) is 0 Å². The molecule has 2 bridgehead atoms. The van der Waals surface area contributed by atoms with Gasteiger partial charge in [-0.05, 0) is 37.8 Å². The predicted octanol–water partition coefficient (Wildman–Crippen LogP) is 2.04. The molecule has 4 fully saturated rings. The molecule has 4 aliphatic heterocycles. The normalized spacial score (nSPS) is 28.3. The van der Waals surface area contributed by atoms with Crippen LogP contribution >= 0.6 is 0 Å². The number of hydrogen-bond acceptors (Lipinski definition) is 5. The molecule has 1 N–H and O–H groups in total. The Morgan fingerprint density at radius 3 is 2.89 bits per heavy atom. The van der Waals surface area contributed by atoms with E-state index in [0.29, 0.717) is 18.3 Å². The number of hydrogen-bond donors (Lipinski definition) is 1. The molecule has 1 aromatic carbocycles. The standard InChI is InChI=1S/C20H26N4O3/c25-20(24-10-9-23-7-5-14(24)6-8-23)19-17-4-3-15(12-18(17)21-22-19)27-16-2-1-11-26-13-16/h3-4,12,14,16H,1-2,5-11,13H2,(H,21,22). The summed E-state index contributed by atoms with van der Waals surface area (Å²) in [7, 11) is 0. The van der Waals surface area contributed by atoms with Gasteiger partial charge in [-0.2, -0.15) is 5.10 Å². The number of nitrogens with zero attached hydrogens (tertiary/aromatic N) is 3. The molecule has 0 radical (unpaired) electrons. The van der Waals surface area contributed by atoms with Crippen molar-refractivity contribution in [1.82, 2.24) is 20.0 Å². The van der Waals surface area contributed by atoms with E-state index in [4.69, 9.17) is 9.47 Å². The van der Waals surface area contributed by atoms with Gasteiger partial charge in [-0.15, -0.1) is 0 Å². The van der Waals surface area contributed by atoms with Crippen molar-refractivity contribution in [3.05, 3.63) is 23.9 Å². The molecule has 27 heavy (non-hydrogen) atoms. The topological polar surface area (TPSA) is 70.7 Å². The molecule has 2 aromatic rings. The van der Waals surface area contributed by atoms with Crippen molar-refractivity contribution in [1.29, 1.82) is 0 Å². The number of ether oxygens (including phenoxy) is 2. The number of fused-ring (bicyclic) bond motifs is 5. The third kappa shape index (κ3) is 3.30. The summed E-state index contributed by atoms with van der Waals surface area (Å²) in [6.45, 7) is 5.41. The van der Waals surface area contributed by atoms with Crippen LogP contribution in [0.15, 0.2) is 18.2 Å². The molecule has 0 aliphatic carbocycles. The third-order valence-corrected chi connectivity index (χ3v) is 6.07. The average Bonchev–Trinajstić information content (AvgIpc) is 2.89. The Kier molecular flexibility index (Phi) is 4.49. The van der Waals surface area contributed by atoms with Crippen molar-refractivity contribution >= 4 is 16.8 Å². The molecule has 144 valence electrons. The lowest BCUT2D eigenvalue weighted by molar-refractivity contribution is 0.00748. The van der Waals surface area contributed by atoms with Gasteiger partial charge in [0.2, 0.25) is 0 Å². The molecule has 6 rings (SSSR count). The predicted molar refractivity (Wildman–Crippen MR) is 101 cm³/mol. The minimum Gasteiger partial charge on any atom is -0.488 e. The molecular formula is C20H26N4O3. The summed E-state index contributed by atoms with van der Waals surface area (Å²) in [4.78, 5) is 17.7. The second-order valence-electron chi connectivity index (χ2n) is 7.81. The number of H-pyrrole nitrogens is 1. The zero-order chi connectivity index (χ0) is 18.2. The van der Waals surface area contributed by atoms with Crippen LogP contribution in [0.25, 0.3) is 10.9 Å². The lowest BCUT2D eigenvalue weighted by atomic mass is 10.0. The van der Waals surface area contributed by atoms with Crippen molar-refractivity contribution in [3.8, 4) is 5.75 Å². The number of carbonyl (C=O) groups is 1. The molecule has 0 saturated carbocycles. The number of aromatic nitrogens is 2. The number of piperidine rings is 1. The Hall–Kier alpha value is -2.12. The zero-order valence-corrected chi connectivity index (χ0v) is 15.5. The first-order valence-electron chi connectivity index (χ1n) is 10.0. The first kappa shape index (κ1) is 17.0. The molecule has 1 unspecified atom stereocenters. The second kappa shape index (κ2) is 7.13. The Balaban J connectivity index is 1.36. The fourth-order valence-electron chi connectivity index (χ4n) is 4.52. The molecule has 1 aromatic heterocycles. The van der Waals surface area contributed by atoms with Gasteiger partial charge in [0.1, 0.15) is 11.9 Å². The summed E-state index contributed by atoms with van der Waals surface area (Å²) in [5, 5.41) is 8.25. The highest BCUT2D eigenvalue weighted by Crippen LogP contribution is 2.27. The summed E-state index contributed by atoms with van der Waals surface area (Å²) in [6.07, 6.45) is 4.27. The van der Waals surface area contributed by atoms with Crippen LogP contribution in [0.5, 0.6) is 5.75 Å². The van der Waals surface area contributed by atoms with Gasteiger partial charge in [0, 0.05) is 50.3 Å². The Morgan fingerprint density at radius 1 is 1.19 bits per heavy atom. The van der Waals surface area contributed by atoms with Gasteiger partial charge in [-0.25, -0.2) is 0 Å². The van der Waals surface area contributed by atoms with Crippen molar-refractivity contribution in [3.63, 3.8) is 0 Å². The minimum absolute atomic E-state index is 0.0457. The van der Waals surface area contributed by atoms with E-state index < -0.39 is 0 Å². The van der Waals surface area contributed by atoms with Gasteiger partial charge in [-0.3, -0.25) is 9.89 Å². The summed E-state index contributed by atoms with van der Waals surface area (Å²) in [5.41, 5.74) is 1.37. The second-order valence-corrected chi connectivity index (χ2v) is 7.81. The maximum atomic E-state index is 13.2. The third-order valence-electron chi connectivity index (χ3n) is 6.07. The Bertz CT molecular complexity index is 822. The van der Waals surface area contributed by atoms with Crippen LogP contribution in [0, 0.1) is 0 Å². The first-order chi connectivity index (χ1) is 13.3. The Labute approximate surface area is 158 Å². The first-order valence-corrected chi connectivity index (χ1v) is 10.0. The quantitative estimate of drug-likeness (QED) is 0.895. The largest absolute Gasteiger partial charge is 0.488 e. The molecule has 4 aliphatic rings. The molecule has 1 atom stereocenters. The molecule has 4 saturated heterocycles. The van der Waals surface area contributed by atoms with Crippen LogP contribution in [-0.4, -0.2) is 77.4 Å². The zero-order valence-electron chi connectivity index (χ0n) is 15.5. The molecule has 7 heteroatoms. The van der Waals surface area contributed by atoms with Crippen LogP contribution in [0.1, 0.15) is 36.2 Å². The van der Waals surface area contributed by atoms with E-state index in [1.54, 1.807) is 0 Å².